The van der Waals surface area contributed by atoms with Crippen LogP contribution in [0.1, 0.15) is 34.6 Å². The number of hydrogen-bond donors (Lipinski definition) is 1. The van der Waals surface area contributed by atoms with Gasteiger partial charge in [-0.3, -0.25) is 0 Å². The molecule has 0 saturated heterocycles. The van der Waals surface area contributed by atoms with E-state index in [0.717, 1.165) is 24.0 Å². The topological polar surface area (TPSA) is 20.2 Å². The molecule has 0 spiro atoms. The first-order valence-corrected chi connectivity index (χ1v) is 6.38. The van der Waals surface area contributed by atoms with Crippen LogP contribution in [0.5, 0.6) is 5.75 Å². The minimum atomic E-state index is 0.298. The Labute approximate surface area is 108 Å². The summed E-state index contributed by atoms with van der Waals surface area (Å²) in [6, 6.07) is 14.4. The highest BCUT2D eigenvalue weighted by atomic mass is 16.3. The first-order chi connectivity index (χ1) is 8.74. The van der Waals surface area contributed by atoms with E-state index in [4.69, 9.17) is 0 Å². The zero-order chi connectivity index (χ0) is 12.5. The summed E-state index contributed by atoms with van der Waals surface area (Å²) in [5.74, 6) is 0.680. The number of hydrogen-bond acceptors (Lipinski definition) is 1. The molecule has 1 atom stereocenters. The molecule has 0 bridgehead atoms. The Balaban J connectivity index is 1.89. The molecule has 1 aliphatic rings. The van der Waals surface area contributed by atoms with Gasteiger partial charge in [-0.25, -0.2) is 0 Å². The van der Waals surface area contributed by atoms with Crippen LogP contribution in [0, 0.1) is 13.3 Å². The zero-order valence-electron chi connectivity index (χ0n) is 10.5. The van der Waals surface area contributed by atoms with E-state index < -0.39 is 0 Å². The van der Waals surface area contributed by atoms with Gasteiger partial charge < -0.3 is 5.11 Å². The third-order valence-corrected chi connectivity index (χ3v) is 3.69. The van der Waals surface area contributed by atoms with Crippen LogP contribution >= 0.6 is 0 Å². The SMILES string of the molecule is Cc1ccc(C2[C]c3ccccc3CC2)cc1O. The monoisotopic (exact) mass is 236 g/mol. The van der Waals surface area contributed by atoms with Gasteiger partial charge in [0.1, 0.15) is 5.75 Å². The predicted octanol–water partition coefficient (Wildman–Crippen LogP) is 3.86. The van der Waals surface area contributed by atoms with Crippen molar-refractivity contribution in [1.82, 2.24) is 0 Å². The largest absolute Gasteiger partial charge is 0.508 e. The molecule has 1 nitrogen and oxygen atoms in total. The van der Waals surface area contributed by atoms with Gasteiger partial charge in [-0.1, -0.05) is 36.4 Å². The zero-order valence-corrected chi connectivity index (χ0v) is 10.5. The fourth-order valence-electron chi connectivity index (χ4n) is 2.53. The van der Waals surface area contributed by atoms with Gasteiger partial charge in [0, 0.05) is 6.42 Å². The number of rotatable bonds is 1. The first kappa shape index (κ1) is 11.3. The Bertz CT molecular complexity index is 572. The fourth-order valence-corrected chi connectivity index (χ4v) is 2.53. The van der Waals surface area contributed by atoms with Crippen molar-refractivity contribution in [3.63, 3.8) is 0 Å². The molecule has 1 unspecified atom stereocenters. The van der Waals surface area contributed by atoms with Crippen LogP contribution in [0.3, 0.4) is 0 Å². The molecule has 18 heavy (non-hydrogen) atoms. The van der Waals surface area contributed by atoms with Crippen LogP contribution in [0.15, 0.2) is 42.5 Å². The van der Waals surface area contributed by atoms with Crippen molar-refractivity contribution in [2.75, 3.05) is 0 Å². The number of phenols is 1. The van der Waals surface area contributed by atoms with Crippen molar-refractivity contribution in [1.29, 1.82) is 0 Å². The molecule has 0 amide bonds. The Kier molecular flexibility index (Phi) is 2.83. The van der Waals surface area contributed by atoms with Gasteiger partial charge in [0.05, 0.1) is 0 Å². The fraction of sp³-hybridized carbons (Fsp3) is 0.235. The summed E-state index contributed by atoms with van der Waals surface area (Å²) in [5, 5.41) is 9.80. The third kappa shape index (κ3) is 2.01. The van der Waals surface area contributed by atoms with Crippen LogP contribution < -0.4 is 0 Å². The van der Waals surface area contributed by atoms with Crippen molar-refractivity contribution in [2.24, 2.45) is 0 Å². The van der Waals surface area contributed by atoms with Gasteiger partial charge in [0.15, 0.2) is 0 Å². The van der Waals surface area contributed by atoms with Gasteiger partial charge in [-0.15, -0.1) is 0 Å². The molecule has 2 aromatic rings. The molecule has 1 N–H and O–H groups in total. The maximum Gasteiger partial charge on any atom is 0.118 e. The van der Waals surface area contributed by atoms with E-state index in [2.05, 4.69) is 36.8 Å². The van der Waals surface area contributed by atoms with Crippen LogP contribution in [0.25, 0.3) is 0 Å². The standard InChI is InChI=1S/C17H16O/c1-12-6-7-16(11-17(12)18)15-9-8-13-4-2-3-5-14(13)10-15/h2-7,11,15,18H,8-9H2,1H3. The van der Waals surface area contributed by atoms with Crippen molar-refractivity contribution in [2.45, 2.75) is 25.7 Å². The normalized spacial score (nSPS) is 18.4. The Morgan fingerprint density at radius 3 is 2.83 bits per heavy atom. The first-order valence-electron chi connectivity index (χ1n) is 6.38. The molecule has 2 radical (unpaired) electrons. The molecule has 0 aliphatic heterocycles. The summed E-state index contributed by atoms with van der Waals surface area (Å²) in [7, 11) is 0. The lowest BCUT2D eigenvalue weighted by Gasteiger charge is -2.24. The smallest absolute Gasteiger partial charge is 0.118 e. The Hall–Kier alpha value is -1.76. The lowest BCUT2D eigenvalue weighted by Crippen LogP contribution is -2.10. The molecule has 90 valence electrons. The lowest BCUT2D eigenvalue weighted by molar-refractivity contribution is 0.469. The summed E-state index contributed by atoms with van der Waals surface area (Å²) >= 11 is 0. The highest BCUT2D eigenvalue weighted by Gasteiger charge is 2.20. The molecule has 1 heteroatoms. The summed E-state index contributed by atoms with van der Waals surface area (Å²) in [6.45, 7) is 1.92. The molecule has 1 aliphatic carbocycles. The highest BCUT2D eigenvalue weighted by Crippen LogP contribution is 2.35. The van der Waals surface area contributed by atoms with E-state index in [-0.39, 0.29) is 0 Å². The van der Waals surface area contributed by atoms with Crippen LogP contribution in [-0.4, -0.2) is 5.11 Å². The average Bonchev–Trinajstić information content (AvgIpc) is 2.41. The van der Waals surface area contributed by atoms with Gasteiger partial charge in [0.2, 0.25) is 0 Å². The summed E-state index contributed by atoms with van der Waals surface area (Å²) in [4.78, 5) is 0. The molecule has 0 aromatic heterocycles. The van der Waals surface area contributed by atoms with Gasteiger partial charge in [0.25, 0.3) is 0 Å². The minimum Gasteiger partial charge on any atom is -0.508 e. The van der Waals surface area contributed by atoms with Gasteiger partial charge in [-0.2, -0.15) is 0 Å². The molecule has 3 rings (SSSR count). The minimum absolute atomic E-state index is 0.298. The van der Waals surface area contributed by atoms with E-state index in [0.29, 0.717) is 11.7 Å². The van der Waals surface area contributed by atoms with Gasteiger partial charge >= 0.3 is 0 Å². The van der Waals surface area contributed by atoms with Crippen molar-refractivity contribution in [3.8, 4) is 5.75 Å². The van der Waals surface area contributed by atoms with E-state index >= 15 is 0 Å². The molecule has 0 saturated carbocycles. The van der Waals surface area contributed by atoms with Crippen molar-refractivity contribution >= 4 is 0 Å². The maximum absolute atomic E-state index is 9.80. The molecular formula is C17H16O. The van der Waals surface area contributed by atoms with Crippen molar-refractivity contribution < 1.29 is 5.11 Å². The predicted molar refractivity (Wildman–Crippen MR) is 72.7 cm³/mol. The molecule has 0 heterocycles. The van der Waals surface area contributed by atoms with Gasteiger partial charge in [-0.05, 0) is 54.0 Å². The second-order valence-electron chi connectivity index (χ2n) is 4.94. The number of aryl methyl sites for hydroxylation is 2. The maximum atomic E-state index is 9.80. The molecule has 0 fully saturated rings. The average molecular weight is 236 g/mol. The second-order valence-corrected chi connectivity index (χ2v) is 4.94. The second kappa shape index (κ2) is 4.49. The molecular weight excluding hydrogens is 220 g/mol. The summed E-state index contributed by atoms with van der Waals surface area (Å²) in [5.41, 5.74) is 4.68. The Morgan fingerprint density at radius 2 is 2.00 bits per heavy atom. The number of fused-ring (bicyclic) bond motifs is 1. The van der Waals surface area contributed by atoms with Crippen LogP contribution in [-0.2, 0) is 6.42 Å². The van der Waals surface area contributed by atoms with Crippen molar-refractivity contribution in [3.05, 3.63) is 71.1 Å². The third-order valence-electron chi connectivity index (χ3n) is 3.69. The van der Waals surface area contributed by atoms with E-state index in [1.807, 2.05) is 19.1 Å². The molecule has 2 aromatic carbocycles. The Morgan fingerprint density at radius 1 is 1.17 bits per heavy atom. The summed E-state index contributed by atoms with van der Waals surface area (Å²) in [6.07, 6.45) is 5.70. The number of benzene rings is 2. The van der Waals surface area contributed by atoms with E-state index in [9.17, 15) is 5.11 Å². The van der Waals surface area contributed by atoms with E-state index in [1.165, 1.54) is 11.1 Å². The van der Waals surface area contributed by atoms with E-state index in [1.54, 1.807) is 0 Å². The highest BCUT2D eigenvalue weighted by molar-refractivity contribution is 5.43. The number of aromatic hydroxyl groups is 1. The van der Waals surface area contributed by atoms with Crippen LogP contribution in [0.4, 0.5) is 0 Å². The lowest BCUT2D eigenvalue weighted by atomic mass is 9.80. The van der Waals surface area contributed by atoms with Crippen LogP contribution in [0.2, 0.25) is 0 Å². The number of phenolic OH excluding ortho intramolecular Hbond substituents is 1. The quantitative estimate of drug-likeness (QED) is 0.797. The summed E-state index contributed by atoms with van der Waals surface area (Å²) < 4.78 is 0.